The molecule has 0 aromatic rings. The molecule has 2 rings (SSSR count). The highest BCUT2D eigenvalue weighted by molar-refractivity contribution is 5.75. The molecular weight excluding hydrogens is 206 g/mol. The summed E-state index contributed by atoms with van der Waals surface area (Å²) in [5.74, 6) is -0.149. The van der Waals surface area contributed by atoms with Crippen molar-refractivity contribution in [2.45, 2.75) is 32.4 Å². The molecule has 0 aromatic carbocycles. The number of allylic oxidation sites excluding steroid dienone is 1. The molecule has 0 aliphatic heterocycles. The minimum absolute atomic E-state index is 0.128. The first-order valence-corrected chi connectivity index (χ1v) is 5.59. The third kappa shape index (κ3) is 1.81. The molecule has 4 unspecified atom stereocenters. The highest BCUT2D eigenvalue weighted by Crippen LogP contribution is 2.45. The van der Waals surface area contributed by atoms with Gasteiger partial charge in [-0.25, -0.2) is 9.79 Å². The van der Waals surface area contributed by atoms with E-state index < -0.39 is 0 Å². The lowest BCUT2D eigenvalue weighted by atomic mass is 9.89. The van der Waals surface area contributed by atoms with Crippen molar-refractivity contribution in [2.75, 3.05) is 0 Å². The second kappa shape index (κ2) is 4.22. The fourth-order valence-electron chi connectivity index (χ4n) is 2.66. The van der Waals surface area contributed by atoms with Crippen molar-refractivity contribution in [3.05, 3.63) is 12.2 Å². The maximum atomic E-state index is 11.9. The Morgan fingerprint density at radius 3 is 2.75 bits per heavy atom. The predicted molar refractivity (Wildman–Crippen MR) is 57.4 cm³/mol. The van der Waals surface area contributed by atoms with Crippen LogP contribution in [0.15, 0.2) is 17.1 Å². The first-order valence-electron chi connectivity index (χ1n) is 5.59. The molecule has 0 aromatic heterocycles. The van der Waals surface area contributed by atoms with Crippen LogP contribution in [-0.4, -0.2) is 24.2 Å². The molecule has 2 aliphatic carbocycles. The van der Waals surface area contributed by atoms with Crippen LogP contribution in [0.5, 0.6) is 0 Å². The van der Waals surface area contributed by atoms with E-state index in [0.717, 1.165) is 6.42 Å². The molecule has 4 atom stereocenters. The number of fused-ring (bicyclic) bond motifs is 2. The van der Waals surface area contributed by atoms with E-state index in [2.05, 4.69) is 4.99 Å². The normalized spacial score (nSPS) is 35.2. The lowest BCUT2D eigenvalue weighted by molar-refractivity contribution is -0.153. The summed E-state index contributed by atoms with van der Waals surface area (Å²) in [6, 6.07) is -0.265. The van der Waals surface area contributed by atoms with Gasteiger partial charge >= 0.3 is 5.97 Å². The Morgan fingerprint density at radius 1 is 1.44 bits per heavy atom. The van der Waals surface area contributed by atoms with Gasteiger partial charge in [0.1, 0.15) is 0 Å². The summed E-state index contributed by atoms with van der Waals surface area (Å²) >= 11 is 0. The zero-order valence-corrected chi connectivity index (χ0v) is 9.42. The van der Waals surface area contributed by atoms with E-state index in [1.165, 1.54) is 0 Å². The van der Waals surface area contributed by atoms with Crippen molar-refractivity contribution >= 4 is 12.0 Å². The van der Waals surface area contributed by atoms with Crippen LogP contribution in [0.4, 0.5) is 0 Å². The summed E-state index contributed by atoms with van der Waals surface area (Å²) in [4.78, 5) is 26.0. The zero-order valence-electron chi connectivity index (χ0n) is 9.42. The SMILES string of the molecule is CC(C)OC(=O)C1C2C=CC(C2)C1N=C=O. The van der Waals surface area contributed by atoms with Gasteiger partial charge in [0.15, 0.2) is 0 Å². The van der Waals surface area contributed by atoms with Crippen LogP contribution in [0.25, 0.3) is 0 Å². The molecule has 0 amide bonds. The van der Waals surface area contributed by atoms with E-state index in [0.29, 0.717) is 0 Å². The Morgan fingerprint density at radius 2 is 2.12 bits per heavy atom. The molecule has 4 heteroatoms. The number of hydrogen-bond donors (Lipinski definition) is 0. The number of nitrogens with zero attached hydrogens (tertiary/aromatic N) is 1. The van der Waals surface area contributed by atoms with E-state index in [9.17, 15) is 9.59 Å². The number of rotatable bonds is 3. The molecule has 4 nitrogen and oxygen atoms in total. The number of esters is 1. The quantitative estimate of drug-likeness (QED) is 0.314. The lowest BCUT2D eigenvalue weighted by Crippen LogP contribution is -2.33. The summed E-state index contributed by atoms with van der Waals surface area (Å²) in [5, 5.41) is 0. The number of ether oxygens (including phenoxy) is 1. The van der Waals surface area contributed by atoms with Gasteiger partial charge in [0.2, 0.25) is 6.08 Å². The average Bonchev–Trinajstić information content (AvgIpc) is 2.76. The third-order valence-corrected chi connectivity index (χ3v) is 3.24. The van der Waals surface area contributed by atoms with Crippen LogP contribution in [-0.2, 0) is 14.3 Å². The maximum Gasteiger partial charge on any atom is 0.312 e. The monoisotopic (exact) mass is 221 g/mol. The summed E-state index contributed by atoms with van der Waals surface area (Å²) in [7, 11) is 0. The van der Waals surface area contributed by atoms with Crippen LogP contribution < -0.4 is 0 Å². The molecule has 0 heterocycles. The number of carbonyl (C=O) groups excluding carboxylic acids is 2. The van der Waals surface area contributed by atoms with Gasteiger partial charge in [-0.15, -0.1) is 0 Å². The molecular formula is C12H15NO3. The van der Waals surface area contributed by atoms with Crippen LogP contribution in [0.3, 0.4) is 0 Å². The summed E-state index contributed by atoms with van der Waals surface area (Å²) in [6.45, 7) is 3.64. The lowest BCUT2D eigenvalue weighted by Gasteiger charge is -2.23. The first-order chi connectivity index (χ1) is 7.63. The Bertz CT molecular complexity index is 368. The van der Waals surface area contributed by atoms with E-state index in [1.807, 2.05) is 26.0 Å². The van der Waals surface area contributed by atoms with Crippen molar-refractivity contribution < 1.29 is 14.3 Å². The van der Waals surface area contributed by atoms with E-state index in [4.69, 9.17) is 4.74 Å². The molecule has 0 spiro atoms. The Balaban J connectivity index is 2.16. The van der Waals surface area contributed by atoms with Gasteiger partial charge in [-0.3, -0.25) is 4.79 Å². The zero-order chi connectivity index (χ0) is 11.7. The van der Waals surface area contributed by atoms with E-state index in [1.54, 1.807) is 6.08 Å². The smallest absolute Gasteiger partial charge is 0.312 e. The molecule has 0 N–H and O–H groups in total. The topological polar surface area (TPSA) is 55.7 Å². The second-order valence-corrected chi connectivity index (χ2v) is 4.67. The highest BCUT2D eigenvalue weighted by atomic mass is 16.5. The summed E-state index contributed by atoms with van der Waals surface area (Å²) in [6.07, 6.45) is 6.41. The number of aliphatic imine (C=N–C) groups is 1. The van der Waals surface area contributed by atoms with Gasteiger partial charge in [0.25, 0.3) is 0 Å². The minimum Gasteiger partial charge on any atom is -0.463 e. The second-order valence-electron chi connectivity index (χ2n) is 4.67. The van der Waals surface area contributed by atoms with Gasteiger partial charge < -0.3 is 4.74 Å². The number of hydrogen-bond acceptors (Lipinski definition) is 4. The van der Waals surface area contributed by atoms with E-state index >= 15 is 0 Å². The third-order valence-electron chi connectivity index (χ3n) is 3.24. The average molecular weight is 221 g/mol. The largest absolute Gasteiger partial charge is 0.463 e. The fourth-order valence-corrected chi connectivity index (χ4v) is 2.66. The molecule has 0 saturated heterocycles. The Hall–Kier alpha value is -1.41. The van der Waals surface area contributed by atoms with Crippen LogP contribution in [0, 0.1) is 17.8 Å². The molecule has 1 saturated carbocycles. The number of carbonyl (C=O) groups is 1. The Kier molecular flexibility index (Phi) is 2.92. The predicted octanol–water partition coefficient (Wildman–Crippen LogP) is 1.46. The van der Waals surface area contributed by atoms with Crippen molar-refractivity contribution in [3.63, 3.8) is 0 Å². The minimum atomic E-state index is -0.293. The Labute approximate surface area is 94.4 Å². The fraction of sp³-hybridized carbons (Fsp3) is 0.667. The van der Waals surface area contributed by atoms with E-state index in [-0.39, 0.29) is 35.9 Å². The highest BCUT2D eigenvalue weighted by Gasteiger charge is 2.49. The molecule has 2 aliphatic rings. The van der Waals surface area contributed by atoms with Gasteiger partial charge in [0, 0.05) is 5.92 Å². The van der Waals surface area contributed by atoms with Gasteiger partial charge in [-0.05, 0) is 26.2 Å². The number of isocyanates is 1. The van der Waals surface area contributed by atoms with Crippen LogP contribution in [0.1, 0.15) is 20.3 Å². The molecule has 86 valence electrons. The maximum absolute atomic E-state index is 11.9. The molecule has 1 fully saturated rings. The van der Waals surface area contributed by atoms with Gasteiger partial charge in [-0.1, -0.05) is 12.2 Å². The first kappa shape index (κ1) is 11.1. The van der Waals surface area contributed by atoms with Crippen molar-refractivity contribution in [3.8, 4) is 0 Å². The van der Waals surface area contributed by atoms with Crippen molar-refractivity contribution in [1.82, 2.24) is 0 Å². The molecule has 16 heavy (non-hydrogen) atoms. The summed E-state index contributed by atoms with van der Waals surface area (Å²) < 4.78 is 5.20. The van der Waals surface area contributed by atoms with Crippen molar-refractivity contribution in [2.24, 2.45) is 22.7 Å². The standard InChI is InChI=1S/C12H15NO3/c1-7(2)16-12(15)10-8-3-4-9(5-8)11(10)13-6-14/h3-4,7-11H,5H2,1-2H3. The van der Waals surface area contributed by atoms with Gasteiger partial charge in [0.05, 0.1) is 18.1 Å². The van der Waals surface area contributed by atoms with Gasteiger partial charge in [-0.2, -0.15) is 0 Å². The van der Waals surface area contributed by atoms with Crippen molar-refractivity contribution in [1.29, 1.82) is 0 Å². The molecule has 2 bridgehead atoms. The molecule has 0 radical (unpaired) electrons. The van der Waals surface area contributed by atoms with Crippen LogP contribution >= 0.6 is 0 Å². The summed E-state index contributed by atoms with van der Waals surface area (Å²) in [5.41, 5.74) is 0. The van der Waals surface area contributed by atoms with Crippen LogP contribution in [0.2, 0.25) is 0 Å².